The van der Waals surface area contributed by atoms with Crippen LogP contribution >= 0.6 is 0 Å². The lowest BCUT2D eigenvalue weighted by Crippen LogP contribution is -2.07. The Bertz CT molecular complexity index is 674. The molecule has 0 aliphatic carbocycles. The van der Waals surface area contributed by atoms with E-state index in [1.165, 1.54) is 12.1 Å². The lowest BCUT2D eigenvalue weighted by molar-refractivity contribution is -0.137. The predicted molar refractivity (Wildman–Crippen MR) is 81.3 cm³/mol. The summed E-state index contributed by atoms with van der Waals surface area (Å²) in [7, 11) is 3.71. The van der Waals surface area contributed by atoms with Crippen molar-refractivity contribution in [2.75, 3.05) is 14.1 Å². The van der Waals surface area contributed by atoms with E-state index in [1.807, 2.05) is 27.1 Å². The molecule has 0 aliphatic heterocycles. The molecule has 0 bridgehead atoms. The molecule has 1 heterocycles. The Morgan fingerprint density at radius 3 is 2.23 bits per heavy atom. The van der Waals surface area contributed by atoms with Crippen LogP contribution in [0.5, 0.6) is 0 Å². The van der Waals surface area contributed by atoms with E-state index in [0.29, 0.717) is 11.4 Å². The minimum Gasteiger partial charge on any atom is -0.369 e. The number of nitrogens with zero attached hydrogens (tertiary/aromatic N) is 3. The minimum absolute atomic E-state index is 0.587. The fourth-order valence-electron chi connectivity index (χ4n) is 1.88. The Labute approximate surface area is 127 Å². The molecule has 0 unspecified atom stereocenters. The van der Waals surface area contributed by atoms with E-state index in [0.717, 1.165) is 23.3 Å². The van der Waals surface area contributed by atoms with Crippen molar-refractivity contribution in [3.8, 4) is 11.1 Å². The van der Waals surface area contributed by atoms with E-state index in [4.69, 9.17) is 0 Å². The lowest BCUT2D eigenvalue weighted by atomic mass is 10.0. The normalized spacial score (nSPS) is 11.9. The van der Waals surface area contributed by atoms with Gasteiger partial charge in [0.15, 0.2) is 5.82 Å². The van der Waals surface area contributed by atoms with Gasteiger partial charge in [0.25, 0.3) is 0 Å². The zero-order valence-corrected chi connectivity index (χ0v) is 12.5. The average Bonchev–Trinajstić information content (AvgIpc) is 2.45. The maximum Gasteiger partial charge on any atom is 0.416 e. The molecule has 0 saturated carbocycles. The van der Waals surface area contributed by atoms with Gasteiger partial charge in [-0.1, -0.05) is 12.1 Å². The van der Waals surface area contributed by atoms with Crippen molar-refractivity contribution in [3.63, 3.8) is 0 Å². The van der Waals surface area contributed by atoms with Crippen LogP contribution in [0.4, 0.5) is 19.0 Å². The van der Waals surface area contributed by atoms with E-state index in [9.17, 15) is 13.2 Å². The molecule has 22 heavy (non-hydrogen) atoms. The summed E-state index contributed by atoms with van der Waals surface area (Å²) in [5, 5.41) is 0. The smallest absolute Gasteiger partial charge is 0.369 e. The van der Waals surface area contributed by atoms with E-state index in [2.05, 4.69) is 9.98 Å². The molecule has 0 atom stereocenters. The number of aliphatic imine (C=N–C) groups is 1. The molecule has 0 fully saturated rings. The number of benzene rings is 1. The molecule has 116 valence electrons. The number of aryl methyl sites for hydroxylation is 1. The zero-order valence-electron chi connectivity index (χ0n) is 12.5. The molecule has 0 aliphatic rings. The molecule has 1 aromatic heterocycles. The van der Waals surface area contributed by atoms with Gasteiger partial charge in [-0.2, -0.15) is 13.2 Å². The highest BCUT2D eigenvalue weighted by Crippen LogP contribution is 2.31. The Kier molecular flexibility index (Phi) is 4.49. The van der Waals surface area contributed by atoms with Crippen LogP contribution in [0, 0.1) is 6.92 Å². The Balaban J connectivity index is 2.28. The quantitative estimate of drug-likeness (QED) is 0.625. The largest absolute Gasteiger partial charge is 0.416 e. The van der Waals surface area contributed by atoms with Crippen LogP contribution in [0.25, 0.3) is 11.1 Å². The highest BCUT2D eigenvalue weighted by Gasteiger charge is 2.29. The van der Waals surface area contributed by atoms with Crippen LogP contribution in [-0.2, 0) is 6.18 Å². The second-order valence-corrected chi connectivity index (χ2v) is 5.15. The second-order valence-electron chi connectivity index (χ2n) is 5.15. The van der Waals surface area contributed by atoms with E-state index >= 15 is 0 Å². The first-order valence-corrected chi connectivity index (χ1v) is 6.62. The maximum absolute atomic E-state index is 12.6. The molecule has 3 nitrogen and oxygen atoms in total. The van der Waals surface area contributed by atoms with Gasteiger partial charge in [-0.3, -0.25) is 0 Å². The summed E-state index contributed by atoms with van der Waals surface area (Å²) in [6.07, 6.45) is -1.07. The minimum atomic E-state index is -4.32. The van der Waals surface area contributed by atoms with E-state index < -0.39 is 11.7 Å². The predicted octanol–water partition coefficient (Wildman–Crippen LogP) is 4.30. The van der Waals surface area contributed by atoms with Crippen LogP contribution < -0.4 is 0 Å². The molecule has 0 radical (unpaired) electrons. The number of halogens is 3. The molecule has 0 amide bonds. The monoisotopic (exact) mass is 307 g/mol. The topological polar surface area (TPSA) is 28.5 Å². The molecule has 1 aromatic carbocycles. The van der Waals surface area contributed by atoms with Gasteiger partial charge in [0.1, 0.15) is 0 Å². The number of rotatable bonds is 3. The molecular weight excluding hydrogens is 291 g/mol. The van der Waals surface area contributed by atoms with Gasteiger partial charge in [-0.05, 0) is 36.2 Å². The standard InChI is InChI=1S/C16H16F3N3/c1-11-8-13(9-20-15(11)21-10-22(2)3)12-4-6-14(7-5-12)16(17,18)19/h4-10H,1-3H3. The van der Waals surface area contributed by atoms with E-state index in [1.54, 1.807) is 17.4 Å². The van der Waals surface area contributed by atoms with Crippen molar-refractivity contribution in [2.45, 2.75) is 13.1 Å². The Morgan fingerprint density at radius 1 is 1.09 bits per heavy atom. The van der Waals surface area contributed by atoms with Gasteiger partial charge in [0, 0.05) is 25.9 Å². The summed E-state index contributed by atoms with van der Waals surface area (Å²) in [4.78, 5) is 10.3. The van der Waals surface area contributed by atoms with Gasteiger partial charge >= 0.3 is 6.18 Å². The van der Waals surface area contributed by atoms with Crippen molar-refractivity contribution in [1.82, 2.24) is 9.88 Å². The molecular formula is C16H16F3N3. The lowest BCUT2D eigenvalue weighted by Gasteiger charge is -2.09. The van der Waals surface area contributed by atoms with Crippen LogP contribution in [0.15, 0.2) is 41.5 Å². The van der Waals surface area contributed by atoms with Gasteiger partial charge in [-0.25, -0.2) is 9.98 Å². The molecule has 0 N–H and O–H groups in total. The number of hydrogen-bond donors (Lipinski definition) is 0. The van der Waals surface area contributed by atoms with Gasteiger partial charge in [-0.15, -0.1) is 0 Å². The van der Waals surface area contributed by atoms with Gasteiger partial charge in [0.2, 0.25) is 0 Å². The number of aromatic nitrogens is 1. The molecule has 0 spiro atoms. The highest BCUT2D eigenvalue weighted by atomic mass is 19.4. The van der Waals surface area contributed by atoms with Crippen LogP contribution in [0.2, 0.25) is 0 Å². The summed E-state index contributed by atoms with van der Waals surface area (Å²) in [5.41, 5.74) is 1.64. The van der Waals surface area contributed by atoms with Crippen LogP contribution in [0.3, 0.4) is 0 Å². The van der Waals surface area contributed by atoms with Crippen molar-refractivity contribution in [2.24, 2.45) is 4.99 Å². The summed E-state index contributed by atoms with van der Waals surface area (Å²) in [6, 6.07) is 6.90. The number of alkyl halides is 3. The second kappa shape index (κ2) is 6.17. The first-order valence-electron chi connectivity index (χ1n) is 6.62. The molecule has 6 heteroatoms. The van der Waals surface area contributed by atoms with Gasteiger partial charge < -0.3 is 4.90 Å². The first kappa shape index (κ1) is 16.0. The average molecular weight is 307 g/mol. The summed E-state index contributed by atoms with van der Waals surface area (Å²) < 4.78 is 37.7. The highest BCUT2D eigenvalue weighted by molar-refractivity contribution is 5.67. The SMILES string of the molecule is Cc1cc(-c2ccc(C(F)(F)F)cc2)cnc1N=CN(C)C. The van der Waals surface area contributed by atoms with Crippen molar-refractivity contribution in [1.29, 1.82) is 0 Å². The van der Waals surface area contributed by atoms with Crippen molar-refractivity contribution < 1.29 is 13.2 Å². The third-order valence-electron chi connectivity index (χ3n) is 3.01. The number of hydrogen-bond acceptors (Lipinski definition) is 2. The van der Waals surface area contributed by atoms with Crippen LogP contribution in [0.1, 0.15) is 11.1 Å². The fourth-order valence-corrected chi connectivity index (χ4v) is 1.88. The fraction of sp³-hybridized carbons (Fsp3) is 0.250. The Morgan fingerprint density at radius 2 is 1.73 bits per heavy atom. The van der Waals surface area contributed by atoms with Crippen molar-refractivity contribution in [3.05, 3.63) is 47.7 Å². The van der Waals surface area contributed by atoms with E-state index in [-0.39, 0.29) is 0 Å². The summed E-state index contributed by atoms with van der Waals surface area (Å²) >= 11 is 0. The van der Waals surface area contributed by atoms with Crippen LogP contribution in [-0.4, -0.2) is 30.3 Å². The van der Waals surface area contributed by atoms with Gasteiger partial charge in [0.05, 0.1) is 11.9 Å². The third-order valence-corrected chi connectivity index (χ3v) is 3.01. The molecule has 0 saturated heterocycles. The Hall–Kier alpha value is -2.37. The molecule has 2 rings (SSSR count). The summed E-state index contributed by atoms with van der Waals surface area (Å²) in [6.45, 7) is 1.86. The summed E-state index contributed by atoms with van der Waals surface area (Å²) in [5.74, 6) is 0.587. The number of pyridine rings is 1. The maximum atomic E-state index is 12.6. The first-order chi connectivity index (χ1) is 10.3. The molecule has 2 aromatic rings. The zero-order chi connectivity index (χ0) is 16.3. The van der Waals surface area contributed by atoms with Crippen molar-refractivity contribution >= 4 is 12.2 Å². The third kappa shape index (κ3) is 3.84.